The molecule has 0 aliphatic heterocycles. The minimum Gasteiger partial charge on any atom is -0.146 e. The van der Waals surface area contributed by atoms with Crippen molar-refractivity contribution in [2.24, 2.45) is 9.57 Å². The highest BCUT2D eigenvalue weighted by Gasteiger charge is 1.80. The Hall–Kier alpha value is -1.09. The van der Waals surface area contributed by atoms with Crippen LogP contribution in [0.1, 0.15) is 5.56 Å². The summed E-state index contributed by atoms with van der Waals surface area (Å²) in [6.07, 6.45) is 1.62. The molecule has 0 saturated heterocycles. The molecule has 0 unspecified atom stereocenters. The summed E-state index contributed by atoms with van der Waals surface area (Å²) in [5.74, 6) is 0. The lowest BCUT2D eigenvalue weighted by Gasteiger charge is -1.85. The highest BCUT2D eigenvalue weighted by molar-refractivity contribution is 7.47. The van der Waals surface area contributed by atoms with Gasteiger partial charge in [-0.15, -0.1) is 5.10 Å². The number of nitrogens with zero attached hydrogens (tertiary/aromatic N) is 2. The number of benzene rings is 1. The van der Waals surface area contributed by atoms with Gasteiger partial charge in [-0.3, -0.25) is 0 Å². The fourth-order valence-electron chi connectivity index (χ4n) is 0.629. The zero-order valence-electron chi connectivity index (χ0n) is 5.27. The number of hydrogen-bond acceptors (Lipinski definition) is 2. The van der Waals surface area contributed by atoms with Crippen molar-refractivity contribution < 1.29 is 0 Å². The van der Waals surface area contributed by atoms with Crippen LogP contribution in [-0.4, -0.2) is 6.21 Å². The molecule has 0 aliphatic rings. The summed E-state index contributed by atoms with van der Waals surface area (Å²) in [6.45, 7) is 0. The summed E-state index contributed by atoms with van der Waals surface area (Å²) in [7, 11) is 0. The molecule has 0 spiro atoms. The Morgan fingerprint density at radius 2 is 1.90 bits per heavy atom. The predicted octanol–water partition coefficient (Wildman–Crippen LogP) is 1.75. The van der Waals surface area contributed by atoms with Gasteiger partial charge in [-0.05, 0) is 5.56 Å². The van der Waals surface area contributed by atoms with Gasteiger partial charge in [0.15, 0.2) is 0 Å². The molecule has 3 heteroatoms. The minimum atomic E-state index is 1.01. The Morgan fingerprint density at radius 1 is 1.20 bits per heavy atom. The van der Waals surface area contributed by atoms with E-state index in [0.717, 1.165) is 5.56 Å². The van der Waals surface area contributed by atoms with Crippen LogP contribution < -0.4 is 0 Å². The maximum absolute atomic E-state index is 4.28. The average Bonchev–Trinajstić information content (AvgIpc) is 2.03. The third kappa shape index (κ3) is 2.03. The van der Waals surface area contributed by atoms with E-state index in [1.807, 2.05) is 30.3 Å². The van der Waals surface area contributed by atoms with Crippen molar-refractivity contribution in [2.75, 3.05) is 0 Å². The molecule has 0 aliphatic carbocycles. The Bertz CT molecular complexity index is 231. The normalized spacial score (nSPS) is 10.0. The molecule has 0 fully saturated rings. The predicted molar refractivity (Wildman–Crippen MR) is 43.8 cm³/mol. The first-order valence-electron chi connectivity index (χ1n) is 2.84. The summed E-state index contributed by atoms with van der Waals surface area (Å²) >= 11 is 4.28. The van der Waals surface area contributed by atoms with Crippen LogP contribution in [0.2, 0.25) is 0 Å². The topological polar surface area (TPSA) is 24.7 Å². The quantitative estimate of drug-likeness (QED) is 0.465. The van der Waals surface area contributed by atoms with Crippen molar-refractivity contribution in [3.63, 3.8) is 0 Å². The van der Waals surface area contributed by atoms with Gasteiger partial charge < -0.3 is 0 Å². The molecule has 1 aromatic rings. The van der Waals surface area contributed by atoms with Gasteiger partial charge in [0.2, 0.25) is 0 Å². The number of rotatable bonds is 2. The second kappa shape index (κ2) is 3.85. The average molecular weight is 150 g/mol. The Kier molecular flexibility index (Phi) is 2.70. The SMILES string of the molecule is S=NN=Cc1ccccc1. The Morgan fingerprint density at radius 3 is 2.50 bits per heavy atom. The van der Waals surface area contributed by atoms with Crippen LogP contribution >= 0.6 is 0 Å². The van der Waals surface area contributed by atoms with E-state index in [9.17, 15) is 0 Å². The lowest BCUT2D eigenvalue weighted by Crippen LogP contribution is -1.75. The third-order valence-electron chi connectivity index (χ3n) is 1.05. The molecule has 0 N–H and O–H groups in total. The molecule has 10 heavy (non-hydrogen) atoms. The van der Waals surface area contributed by atoms with E-state index in [1.165, 1.54) is 0 Å². The summed E-state index contributed by atoms with van der Waals surface area (Å²) < 4.78 is 3.18. The van der Waals surface area contributed by atoms with E-state index in [-0.39, 0.29) is 0 Å². The lowest BCUT2D eigenvalue weighted by atomic mass is 10.2. The second-order valence-corrected chi connectivity index (χ2v) is 1.90. The van der Waals surface area contributed by atoms with Crippen molar-refractivity contribution in [2.45, 2.75) is 0 Å². The molecular formula is C7H6N2S. The summed E-state index contributed by atoms with van der Waals surface area (Å²) in [4.78, 5) is 0. The van der Waals surface area contributed by atoms with Crippen molar-refractivity contribution in [1.82, 2.24) is 0 Å². The van der Waals surface area contributed by atoms with Crippen LogP contribution in [0.3, 0.4) is 0 Å². The van der Waals surface area contributed by atoms with E-state index in [4.69, 9.17) is 0 Å². The van der Waals surface area contributed by atoms with Crippen LogP contribution in [0.4, 0.5) is 0 Å². The molecule has 1 aromatic carbocycles. The zero-order chi connectivity index (χ0) is 7.23. The van der Waals surface area contributed by atoms with E-state index in [2.05, 4.69) is 22.0 Å². The summed E-state index contributed by atoms with van der Waals surface area (Å²) in [5.41, 5.74) is 1.01. The maximum atomic E-state index is 4.28. The lowest BCUT2D eigenvalue weighted by molar-refractivity contribution is 1.30. The van der Waals surface area contributed by atoms with E-state index in [1.54, 1.807) is 6.21 Å². The molecule has 1 rings (SSSR count). The summed E-state index contributed by atoms with van der Waals surface area (Å²) in [5, 5.41) is 3.56. The van der Waals surface area contributed by atoms with E-state index >= 15 is 0 Å². The first-order valence-corrected chi connectivity index (χ1v) is 3.21. The van der Waals surface area contributed by atoms with Gasteiger partial charge in [-0.2, -0.15) is 0 Å². The smallest absolute Gasteiger partial charge is 0.0653 e. The van der Waals surface area contributed by atoms with Crippen LogP contribution in [0.5, 0.6) is 0 Å². The minimum absolute atomic E-state index is 1.01. The van der Waals surface area contributed by atoms with Crippen molar-refractivity contribution >= 4 is 18.6 Å². The molecule has 0 radical (unpaired) electrons. The molecular weight excluding hydrogens is 144 g/mol. The molecule has 0 bridgehead atoms. The van der Waals surface area contributed by atoms with Gasteiger partial charge in [0.05, 0.1) is 18.6 Å². The fraction of sp³-hybridized carbons (Fsp3) is 0. The maximum Gasteiger partial charge on any atom is 0.0653 e. The van der Waals surface area contributed by atoms with Crippen molar-refractivity contribution in [1.29, 1.82) is 0 Å². The molecule has 2 nitrogen and oxygen atoms in total. The van der Waals surface area contributed by atoms with Gasteiger partial charge in [-0.25, -0.2) is 0 Å². The van der Waals surface area contributed by atoms with Crippen LogP contribution in [0, 0.1) is 0 Å². The molecule has 0 aromatic heterocycles. The molecule has 0 amide bonds. The van der Waals surface area contributed by atoms with Gasteiger partial charge >= 0.3 is 0 Å². The van der Waals surface area contributed by atoms with Gasteiger partial charge in [0.25, 0.3) is 0 Å². The van der Waals surface area contributed by atoms with Crippen LogP contribution in [0.25, 0.3) is 0 Å². The van der Waals surface area contributed by atoms with Gasteiger partial charge in [-0.1, -0.05) is 34.8 Å². The molecule has 50 valence electrons. The zero-order valence-corrected chi connectivity index (χ0v) is 6.08. The third-order valence-corrected chi connectivity index (χ3v) is 1.15. The van der Waals surface area contributed by atoms with Gasteiger partial charge in [0, 0.05) is 0 Å². The number of hydrogen-bond donors (Lipinski definition) is 0. The second-order valence-electron chi connectivity index (χ2n) is 1.74. The highest BCUT2D eigenvalue weighted by atomic mass is 32.1. The highest BCUT2D eigenvalue weighted by Crippen LogP contribution is 1.93. The van der Waals surface area contributed by atoms with Crippen molar-refractivity contribution in [3.05, 3.63) is 35.9 Å². The van der Waals surface area contributed by atoms with Crippen LogP contribution in [0.15, 0.2) is 39.9 Å². The van der Waals surface area contributed by atoms with E-state index in [0.29, 0.717) is 0 Å². The van der Waals surface area contributed by atoms with E-state index < -0.39 is 0 Å². The molecule has 0 heterocycles. The fourth-order valence-corrected chi connectivity index (χ4v) is 0.676. The first kappa shape index (κ1) is 7.02. The standard InChI is InChI=1S/C7H6N2S/c10-9-8-6-7-4-2-1-3-5-7/h1-6H. The largest absolute Gasteiger partial charge is 0.146 e. The van der Waals surface area contributed by atoms with Crippen LogP contribution in [-0.2, 0) is 12.4 Å². The Balaban J connectivity index is 2.76. The summed E-state index contributed by atoms with van der Waals surface area (Å²) in [6, 6.07) is 9.69. The van der Waals surface area contributed by atoms with Crippen molar-refractivity contribution in [3.8, 4) is 0 Å². The molecule has 0 saturated carbocycles. The first-order chi connectivity index (χ1) is 4.93. The Labute approximate surface area is 64.8 Å². The monoisotopic (exact) mass is 150 g/mol. The molecule has 0 atom stereocenters. The van der Waals surface area contributed by atoms with Gasteiger partial charge in [0.1, 0.15) is 0 Å².